The Morgan fingerprint density at radius 2 is 2.29 bits per heavy atom. The van der Waals surface area contributed by atoms with Gasteiger partial charge in [-0.1, -0.05) is 17.7 Å². The minimum Gasteiger partial charge on any atom is -0.330 e. The van der Waals surface area contributed by atoms with Crippen molar-refractivity contribution in [3.8, 4) is 0 Å². The third-order valence-electron chi connectivity index (χ3n) is 2.42. The van der Waals surface area contributed by atoms with Crippen LogP contribution in [-0.4, -0.2) is 18.2 Å². The van der Waals surface area contributed by atoms with Gasteiger partial charge in [-0.15, -0.1) is 0 Å². The zero-order valence-electron chi connectivity index (χ0n) is 8.99. The van der Waals surface area contributed by atoms with E-state index in [1.54, 1.807) is 0 Å². The largest absolute Gasteiger partial charge is 0.330 e. The van der Waals surface area contributed by atoms with Crippen molar-refractivity contribution in [3.05, 3.63) is 29.0 Å². The topological polar surface area (TPSA) is 58.7 Å². The summed E-state index contributed by atoms with van der Waals surface area (Å²) in [4.78, 5) is 11.7. The molecule has 1 aliphatic rings. The molecule has 2 N–H and O–H groups in total. The van der Waals surface area contributed by atoms with Gasteiger partial charge in [-0.3, -0.25) is 4.79 Å². The number of benzene rings is 1. The second-order valence-electron chi connectivity index (χ2n) is 3.66. The summed E-state index contributed by atoms with van der Waals surface area (Å²) in [5.41, 5.74) is 6.04. The first-order chi connectivity index (χ1) is 8.13. The number of hydrogen-bond donors (Lipinski definition) is 1. The van der Waals surface area contributed by atoms with Crippen LogP contribution in [0.4, 0.5) is 10.1 Å². The lowest BCUT2D eigenvalue weighted by Crippen LogP contribution is -2.21. The van der Waals surface area contributed by atoms with Crippen molar-refractivity contribution >= 4 is 28.9 Å². The average Bonchev–Trinajstić information content (AvgIpc) is 2.60. The first kappa shape index (κ1) is 12.0. The number of nitrogens with zero attached hydrogens (tertiary/aromatic N) is 2. The molecule has 0 aliphatic carbocycles. The van der Waals surface area contributed by atoms with E-state index < -0.39 is 5.82 Å². The maximum Gasteiger partial charge on any atom is 0.253 e. The van der Waals surface area contributed by atoms with Gasteiger partial charge < -0.3 is 5.73 Å². The van der Waals surface area contributed by atoms with Crippen LogP contribution in [0.2, 0.25) is 5.02 Å². The predicted octanol–water partition coefficient (Wildman–Crippen LogP) is 1.92. The third-order valence-corrected chi connectivity index (χ3v) is 2.72. The number of carbonyl (C=O) groups is 1. The predicted molar refractivity (Wildman–Crippen MR) is 64.6 cm³/mol. The van der Waals surface area contributed by atoms with Gasteiger partial charge in [0, 0.05) is 12.1 Å². The van der Waals surface area contributed by atoms with Crippen LogP contribution in [-0.2, 0) is 4.79 Å². The van der Waals surface area contributed by atoms with Crippen LogP contribution in [0.1, 0.15) is 12.8 Å². The maximum atomic E-state index is 13.6. The van der Waals surface area contributed by atoms with Crippen molar-refractivity contribution in [2.75, 3.05) is 11.6 Å². The van der Waals surface area contributed by atoms with Gasteiger partial charge in [-0.25, -0.2) is 4.39 Å². The smallest absolute Gasteiger partial charge is 0.253 e. The maximum absolute atomic E-state index is 13.6. The van der Waals surface area contributed by atoms with Crippen LogP contribution in [0.15, 0.2) is 23.3 Å². The van der Waals surface area contributed by atoms with E-state index in [2.05, 4.69) is 5.10 Å². The highest BCUT2D eigenvalue weighted by Gasteiger charge is 2.28. The molecule has 4 nitrogen and oxygen atoms in total. The summed E-state index contributed by atoms with van der Waals surface area (Å²) in [7, 11) is 0. The molecular formula is C11H11ClFN3O. The summed E-state index contributed by atoms with van der Waals surface area (Å²) in [6.07, 6.45) is 0.691. The van der Waals surface area contributed by atoms with Crippen LogP contribution in [0, 0.1) is 5.82 Å². The van der Waals surface area contributed by atoms with Crippen molar-refractivity contribution in [1.29, 1.82) is 0 Å². The van der Waals surface area contributed by atoms with E-state index in [9.17, 15) is 9.18 Å². The van der Waals surface area contributed by atoms with Gasteiger partial charge >= 0.3 is 0 Å². The fraction of sp³-hybridized carbons (Fsp3) is 0.273. The molecule has 1 heterocycles. The van der Waals surface area contributed by atoms with Gasteiger partial charge in [0.25, 0.3) is 5.91 Å². The Hall–Kier alpha value is -1.46. The molecule has 0 spiro atoms. The SMILES string of the molecule is NCCC1=NN(c2c(F)cccc2Cl)C(=O)C1. The van der Waals surface area contributed by atoms with E-state index in [0.29, 0.717) is 18.7 Å². The van der Waals surface area contributed by atoms with E-state index in [1.165, 1.54) is 18.2 Å². The van der Waals surface area contributed by atoms with E-state index >= 15 is 0 Å². The van der Waals surface area contributed by atoms with Crippen molar-refractivity contribution in [1.82, 2.24) is 0 Å². The molecule has 17 heavy (non-hydrogen) atoms. The van der Waals surface area contributed by atoms with Crippen LogP contribution < -0.4 is 10.7 Å². The lowest BCUT2D eigenvalue weighted by molar-refractivity contribution is -0.116. The normalized spacial score (nSPS) is 15.4. The van der Waals surface area contributed by atoms with Gasteiger partial charge in [-0.2, -0.15) is 10.1 Å². The zero-order valence-corrected chi connectivity index (χ0v) is 9.75. The summed E-state index contributed by atoms with van der Waals surface area (Å²) in [6.45, 7) is 0.408. The number of hydrogen-bond acceptors (Lipinski definition) is 3. The van der Waals surface area contributed by atoms with Gasteiger partial charge in [0.2, 0.25) is 0 Å². The number of para-hydroxylation sites is 1. The highest BCUT2D eigenvalue weighted by atomic mass is 35.5. The number of rotatable bonds is 3. The molecule has 90 valence electrons. The summed E-state index contributed by atoms with van der Waals surface area (Å²) in [5, 5.41) is 5.23. The lowest BCUT2D eigenvalue weighted by atomic mass is 10.2. The molecule has 0 bridgehead atoms. The summed E-state index contributed by atoms with van der Waals surface area (Å²) in [6, 6.07) is 4.24. The highest BCUT2D eigenvalue weighted by molar-refractivity contribution is 6.34. The Balaban J connectivity index is 2.37. The number of carbonyl (C=O) groups excluding carboxylic acids is 1. The Bertz CT molecular complexity index is 469. The van der Waals surface area contributed by atoms with Crippen LogP contribution in [0.3, 0.4) is 0 Å². The third kappa shape index (κ3) is 2.30. The van der Waals surface area contributed by atoms with Crippen molar-refractivity contribution in [3.63, 3.8) is 0 Å². The molecule has 1 amide bonds. The van der Waals surface area contributed by atoms with Gasteiger partial charge in [0.15, 0.2) is 5.82 Å². The second-order valence-corrected chi connectivity index (χ2v) is 4.06. The molecule has 0 saturated carbocycles. The van der Waals surface area contributed by atoms with Gasteiger partial charge in [-0.05, 0) is 18.7 Å². The summed E-state index contributed by atoms with van der Waals surface area (Å²) in [5.74, 6) is -0.857. The Morgan fingerprint density at radius 3 is 2.94 bits per heavy atom. The standard InChI is InChI=1S/C11H11ClFN3O/c12-8-2-1-3-9(13)11(8)16-10(17)6-7(15-16)4-5-14/h1-3H,4-6,14H2. The van der Waals surface area contributed by atoms with E-state index in [-0.39, 0.29) is 23.0 Å². The average molecular weight is 256 g/mol. The number of halogens is 2. The van der Waals surface area contributed by atoms with Gasteiger partial charge in [0.05, 0.1) is 11.4 Å². The number of amides is 1. The Kier molecular flexibility index (Phi) is 3.40. The highest BCUT2D eigenvalue weighted by Crippen LogP contribution is 2.31. The Labute approximate surface area is 103 Å². The lowest BCUT2D eigenvalue weighted by Gasteiger charge is -2.13. The molecule has 0 atom stereocenters. The summed E-state index contributed by atoms with van der Waals surface area (Å²) < 4.78 is 13.6. The second kappa shape index (κ2) is 4.81. The first-order valence-corrected chi connectivity index (χ1v) is 5.54. The number of nitrogens with two attached hydrogens (primary N) is 1. The molecule has 1 aliphatic heterocycles. The molecule has 0 radical (unpaired) electrons. The molecule has 1 aromatic carbocycles. The monoisotopic (exact) mass is 255 g/mol. The van der Waals surface area contributed by atoms with Crippen molar-refractivity contribution < 1.29 is 9.18 Å². The number of hydrazone groups is 1. The molecule has 6 heteroatoms. The minimum absolute atomic E-state index is 0.00573. The van der Waals surface area contributed by atoms with Gasteiger partial charge in [0.1, 0.15) is 5.69 Å². The number of anilines is 1. The molecule has 0 saturated heterocycles. The minimum atomic E-state index is -0.566. The molecule has 0 aromatic heterocycles. The molecule has 0 unspecified atom stereocenters. The van der Waals surface area contributed by atoms with Crippen LogP contribution in [0.25, 0.3) is 0 Å². The fourth-order valence-electron chi connectivity index (χ4n) is 1.65. The van der Waals surface area contributed by atoms with E-state index in [4.69, 9.17) is 17.3 Å². The first-order valence-electron chi connectivity index (χ1n) is 5.17. The Morgan fingerprint density at radius 1 is 1.53 bits per heavy atom. The molecular weight excluding hydrogens is 245 g/mol. The quantitative estimate of drug-likeness (QED) is 0.897. The molecule has 2 rings (SSSR count). The molecule has 0 fully saturated rings. The zero-order chi connectivity index (χ0) is 12.4. The van der Waals surface area contributed by atoms with Crippen molar-refractivity contribution in [2.24, 2.45) is 10.8 Å². The van der Waals surface area contributed by atoms with E-state index in [1.807, 2.05) is 0 Å². The summed E-state index contributed by atoms with van der Waals surface area (Å²) >= 11 is 5.87. The van der Waals surface area contributed by atoms with Crippen molar-refractivity contribution in [2.45, 2.75) is 12.8 Å². The fourth-order valence-corrected chi connectivity index (χ4v) is 1.90. The van der Waals surface area contributed by atoms with Crippen LogP contribution in [0.5, 0.6) is 0 Å². The van der Waals surface area contributed by atoms with Crippen LogP contribution >= 0.6 is 11.6 Å². The molecule has 1 aromatic rings. The van der Waals surface area contributed by atoms with E-state index in [0.717, 1.165) is 5.01 Å².